The Labute approximate surface area is 130 Å². The van der Waals surface area contributed by atoms with Crippen LogP contribution in [0.2, 0.25) is 0 Å². The van der Waals surface area contributed by atoms with Crippen LogP contribution in [-0.4, -0.2) is 37.7 Å². The van der Waals surface area contributed by atoms with Gasteiger partial charge in [-0.2, -0.15) is 0 Å². The van der Waals surface area contributed by atoms with Gasteiger partial charge in [0, 0.05) is 18.6 Å². The predicted octanol–water partition coefficient (Wildman–Crippen LogP) is 3.71. The number of hydrogen-bond donors (Lipinski definition) is 1. The Morgan fingerprint density at radius 1 is 1.10 bits per heavy atom. The fourth-order valence-corrected chi connectivity index (χ4v) is 2.86. The van der Waals surface area contributed by atoms with Crippen molar-refractivity contribution in [3.05, 3.63) is 29.8 Å². The Kier molecular flexibility index (Phi) is 7.76. The van der Waals surface area contributed by atoms with Crippen LogP contribution in [0.4, 0.5) is 0 Å². The van der Waals surface area contributed by atoms with Crippen LogP contribution in [0.3, 0.4) is 0 Å². The second-order valence-corrected chi connectivity index (χ2v) is 6.03. The standard InChI is InChI=1S/C18H32N2O/c1-7-19-18(15(5)20(8-2)13-14(3)4)16-9-11-17(21-6)12-10-16/h9-12,14-15,18-19H,7-8,13H2,1-6H3. The minimum Gasteiger partial charge on any atom is -0.497 e. The second kappa shape index (κ2) is 9.06. The molecule has 3 heteroatoms. The predicted molar refractivity (Wildman–Crippen MR) is 91.0 cm³/mol. The lowest BCUT2D eigenvalue weighted by Gasteiger charge is -2.36. The fraction of sp³-hybridized carbons (Fsp3) is 0.667. The number of nitrogens with one attached hydrogen (secondary N) is 1. The molecular formula is C18H32N2O. The second-order valence-electron chi connectivity index (χ2n) is 6.03. The molecule has 0 amide bonds. The fourth-order valence-electron chi connectivity index (χ4n) is 2.86. The lowest BCUT2D eigenvalue weighted by atomic mass is 9.98. The van der Waals surface area contributed by atoms with Gasteiger partial charge in [-0.1, -0.05) is 39.8 Å². The zero-order valence-corrected chi connectivity index (χ0v) is 14.5. The molecule has 2 atom stereocenters. The van der Waals surface area contributed by atoms with Crippen molar-refractivity contribution >= 4 is 0 Å². The maximum absolute atomic E-state index is 5.26. The highest BCUT2D eigenvalue weighted by atomic mass is 16.5. The topological polar surface area (TPSA) is 24.5 Å². The van der Waals surface area contributed by atoms with Gasteiger partial charge in [0.1, 0.15) is 5.75 Å². The van der Waals surface area contributed by atoms with Crippen molar-refractivity contribution in [2.24, 2.45) is 5.92 Å². The number of rotatable bonds is 9. The summed E-state index contributed by atoms with van der Waals surface area (Å²) in [6.45, 7) is 14.5. The van der Waals surface area contributed by atoms with Crippen molar-refractivity contribution in [2.75, 3.05) is 26.7 Å². The smallest absolute Gasteiger partial charge is 0.118 e. The summed E-state index contributed by atoms with van der Waals surface area (Å²) in [5.41, 5.74) is 1.33. The van der Waals surface area contributed by atoms with Crippen LogP contribution in [0.1, 0.15) is 46.2 Å². The lowest BCUT2D eigenvalue weighted by Crippen LogP contribution is -2.44. The molecule has 2 unspecified atom stereocenters. The van der Waals surface area contributed by atoms with Gasteiger partial charge in [0.05, 0.1) is 7.11 Å². The van der Waals surface area contributed by atoms with Gasteiger partial charge in [-0.15, -0.1) is 0 Å². The van der Waals surface area contributed by atoms with E-state index in [1.54, 1.807) is 7.11 Å². The molecule has 1 aromatic rings. The van der Waals surface area contributed by atoms with Crippen LogP contribution in [0.25, 0.3) is 0 Å². The van der Waals surface area contributed by atoms with Crippen LogP contribution in [0, 0.1) is 5.92 Å². The monoisotopic (exact) mass is 292 g/mol. The third kappa shape index (κ3) is 5.33. The van der Waals surface area contributed by atoms with Gasteiger partial charge < -0.3 is 10.1 Å². The summed E-state index contributed by atoms with van der Waals surface area (Å²) >= 11 is 0. The maximum atomic E-state index is 5.26. The zero-order valence-electron chi connectivity index (χ0n) is 14.5. The molecule has 120 valence electrons. The van der Waals surface area contributed by atoms with Crippen molar-refractivity contribution in [2.45, 2.75) is 46.7 Å². The summed E-state index contributed by atoms with van der Waals surface area (Å²) in [5, 5.41) is 3.64. The van der Waals surface area contributed by atoms with Crippen LogP contribution in [-0.2, 0) is 0 Å². The van der Waals surface area contributed by atoms with Crippen molar-refractivity contribution in [3.8, 4) is 5.75 Å². The Hall–Kier alpha value is -1.06. The normalized spacial score (nSPS) is 14.5. The average Bonchev–Trinajstić information content (AvgIpc) is 2.49. The van der Waals surface area contributed by atoms with Gasteiger partial charge >= 0.3 is 0 Å². The molecule has 0 aromatic heterocycles. The average molecular weight is 292 g/mol. The van der Waals surface area contributed by atoms with Crippen LogP contribution in [0.5, 0.6) is 5.75 Å². The number of methoxy groups -OCH3 is 1. The van der Waals surface area contributed by atoms with Crippen LogP contribution < -0.4 is 10.1 Å². The molecule has 0 aliphatic rings. The molecule has 21 heavy (non-hydrogen) atoms. The van der Waals surface area contributed by atoms with Crippen molar-refractivity contribution in [1.82, 2.24) is 10.2 Å². The van der Waals surface area contributed by atoms with Gasteiger partial charge in [0.2, 0.25) is 0 Å². The molecule has 1 N–H and O–H groups in total. The van der Waals surface area contributed by atoms with Crippen molar-refractivity contribution < 1.29 is 4.74 Å². The van der Waals surface area contributed by atoms with E-state index in [9.17, 15) is 0 Å². The van der Waals surface area contributed by atoms with Crippen molar-refractivity contribution in [3.63, 3.8) is 0 Å². The van der Waals surface area contributed by atoms with E-state index in [1.807, 2.05) is 12.1 Å². The van der Waals surface area contributed by atoms with Gasteiger partial charge in [-0.25, -0.2) is 0 Å². The summed E-state index contributed by atoms with van der Waals surface area (Å²) in [4.78, 5) is 2.56. The Bertz CT molecular complexity index is 389. The van der Waals surface area contributed by atoms with E-state index < -0.39 is 0 Å². The highest BCUT2D eigenvalue weighted by Gasteiger charge is 2.23. The Morgan fingerprint density at radius 2 is 1.71 bits per heavy atom. The first-order valence-electron chi connectivity index (χ1n) is 8.14. The third-order valence-electron chi connectivity index (χ3n) is 3.96. The third-order valence-corrected chi connectivity index (χ3v) is 3.96. The van der Waals surface area contributed by atoms with E-state index in [0.717, 1.165) is 25.4 Å². The first kappa shape index (κ1) is 18.0. The molecule has 1 aromatic carbocycles. The zero-order chi connectivity index (χ0) is 15.8. The molecule has 0 aliphatic heterocycles. The van der Waals surface area contributed by atoms with E-state index in [1.165, 1.54) is 5.56 Å². The number of likely N-dealkylation sites (N-methyl/N-ethyl adjacent to an activating group) is 2. The number of hydrogen-bond acceptors (Lipinski definition) is 3. The molecule has 0 spiro atoms. The quantitative estimate of drug-likeness (QED) is 0.751. The minimum atomic E-state index is 0.347. The molecule has 1 rings (SSSR count). The van der Waals surface area contributed by atoms with E-state index in [0.29, 0.717) is 18.0 Å². The SMILES string of the molecule is CCNC(c1ccc(OC)cc1)C(C)N(CC)CC(C)C. The highest BCUT2D eigenvalue weighted by Crippen LogP contribution is 2.24. The Balaban J connectivity index is 2.91. The van der Waals surface area contributed by atoms with Gasteiger partial charge in [0.15, 0.2) is 0 Å². The summed E-state index contributed by atoms with van der Waals surface area (Å²) in [6.07, 6.45) is 0. The molecule has 0 bridgehead atoms. The Morgan fingerprint density at radius 3 is 2.14 bits per heavy atom. The summed E-state index contributed by atoms with van der Waals surface area (Å²) in [5.74, 6) is 1.60. The van der Waals surface area contributed by atoms with Gasteiger partial charge in [-0.3, -0.25) is 4.90 Å². The number of ether oxygens (including phenoxy) is 1. The molecule has 0 heterocycles. The number of nitrogens with zero attached hydrogens (tertiary/aromatic N) is 1. The molecule has 0 saturated heterocycles. The van der Waals surface area contributed by atoms with Gasteiger partial charge in [0.25, 0.3) is 0 Å². The highest BCUT2D eigenvalue weighted by molar-refractivity contribution is 5.29. The molecular weight excluding hydrogens is 260 g/mol. The summed E-state index contributed by atoms with van der Waals surface area (Å²) in [6, 6.07) is 9.25. The van der Waals surface area contributed by atoms with E-state index in [-0.39, 0.29) is 0 Å². The maximum Gasteiger partial charge on any atom is 0.118 e. The molecule has 0 radical (unpaired) electrons. The first-order chi connectivity index (χ1) is 10.0. The lowest BCUT2D eigenvalue weighted by molar-refractivity contribution is 0.160. The van der Waals surface area contributed by atoms with E-state index >= 15 is 0 Å². The van der Waals surface area contributed by atoms with Crippen molar-refractivity contribution in [1.29, 1.82) is 0 Å². The summed E-state index contributed by atoms with van der Waals surface area (Å²) in [7, 11) is 1.71. The largest absolute Gasteiger partial charge is 0.497 e. The van der Waals surface area contributed by atoms with E-state index in [4.69, 9.17) is 4.74 Å². The molecule has 3 nitrogen and oxygen atoms in total. The van der Waals surface area contributed by atoms with Crippen LogP contribution >= 0.6 is 0 Å². The minimum absolute atomic E-state index is 0.347. The van der Waals surface area contributed by atoms with Gasteiger partial charge in [-0.05, 0) is 43.6 Å². The molecule has 0 saturated carbocycles. The van der Waals surface area contributed by atoms with E-state index in [2.05, 4.69) is 57.0 Å². The van der Waals surface area contributed by atoms with Crippen LogP contribution in [0.15, 0.2) is 24.3 Å². The molecule has 0 fully saturated rings. The summed E-state index contributed by atoms with van der Waals surface area (Å²) < 4.78 is 5.26. The molecule has 0 aliphatic carbocycles. The first-order valence-corrected chi connectivity index (χ1v) is 8.14. The number of benzene rings is 1.